The topological polar surface area (TPSA) is 87.7 Å². The lowest BCUT2D eigenvalue weighted by Gasteiger charge is -2.31. The highest BCUT2D eigenvalue weighted by Gasteiger charge is 2.31. The van der Waals surface area contributed by atoms with Crippen molar-refractivity contribution in [1.82, 2.24) is 9.97 Å². The van der Waals surface area contributed by atoms with Crippen molar-refractivity contribution in [2.45, 2.75) is 31.5 Å². The molecule has 1 fully saturated rings. The summed E-state index contributed by atoms with van der Waals surface area (Å²) >= 11 is 0. The first-order valence-electron chi connectivity index (χ1n) is 9.05. The lowest BCUT2D eigenvalue weighted by molar-refractivity contribution is 0.194. The molecule has 2 atom stereocenters. The number of ether oxygens (including phenoxy) is 1. The summed E-state index contributed by atoms with van der Waals surface area (Å²) in [6.07, 6.45) is 2.90. The van der Waals surface area contributed by atoms with Gasteiger partial charge in [-0.05, 0) is 36.1 Å². The van der Waals surface area contributed by atoms with Crippen molar-refractivity contribution in [3.8, 4) is 5.75 Å². The Morgan fingerprint density at radius 2 is 2.08 bits per heavy atom. The molecule has 7 heteroatoms. The lowest BCUT2D eigenvalue weighted by atomic mass is 9.99. The number of aromatic nitrogens is 2. The van der Waals surface area contributed by atoms with E-state index in [0.29, 0.717) is 19.5 Å². The van der Waals surface area contributed by atoms with E-state index in [0.717, 1.165) is 36.9 Å². The number of methoxy groups -OCH3 is 1. The Kier molecular flexibility index (Phi) is 4.65. The molecule has 0 saturated carbocycles. The van der Waals surface area contributed by atoms with Crippen LogP contribution < -0.4 is 20.3 Å². The SMILES string of the molecule is COc1ccc2c(c1)CCN(c1cc(N3C[C@H](O)C[C@@H]3CN)ncn1)C2. The van der Waals surface area contributed by atoms with E-state index in [1.165, 1.54) is 11.1 Å². The zero-order chi connectivity index (χ0) is 18.1. The summed E-state index contributed by atoms with van der Waals surface area (Å²) in [6, 6.07) is 8.39. The highest BCUT2D eigenvalue weighted by molar-refractivity contribution is 5.53. The molecule has 7 nitrogen and oxygen atoms in total. The number of nitrogens with zero attached hydrogens (tertiary/aromatic N) is 4. The Bertz CT molecular complexity index is 784. The molecular weight excluding hydrogens is 330 g/mol. The van der Waals surface area contributed by atoms with Crippen molar-refractivity contribution in [2.24, 2.45) is 5.73 Å². The molecule has 1 saturated heterocycles. The fraction of sp³-hybridized carbons (Fsp3) is 0.474. The molecule has 3 N–H and O–H groups in total. The number of rotatable bonds is 4. The predicted molar refractivity (Wildman–Crippen MR) is 101 cm³/mol. The lowest BCUT2D eigenvalue weighted by Crippen LogP contribution is -2.36. The van der Waals surface area contributed by atoms with Gasteiger partial charge in [0.2, 0.25) is 0 Å². The second-order valence-electron chi connectivity index (χ2n) is 6.97. The number of β-amino-alcohol motifs (C(OH)–C–C–N with tert-alkyl or cyclic N) is 1. The third-order valence-corrected chi connectivity index (χ3v) is 5.35. The minimum Gasteiger partial charge on any atom is -0.497 e. The van der Waals surface area contributed by atoms with Gasteiger partial charge in [-0.25, -0.2) is 9.97 Å². The van der Waals surface area contributed by atoms with Gasteiger partial charge in [-0.2, -0.15) is 0 Å². The first kappa shape index (κ1) is 17.1. The summed E-state index contributed by atoms with van der Waals surface area (Å²) in [6.45, 7) is 2.80. The molecular formula is C19H25N5O2. The molecule has 1 aromatic carbocycles. The Morgan fingerprint density at radius 1 is 1.23 bits per heavy atom. The van der Waals surface area contributed by atoms with Crippen LogP contribution in [0.1, 0.15) is 17.5 Å². The van der Waals surface area contributed by atoms with E-state index < -0.39 is 0 Å². The van der Waals surface area contributed by atoms with Crippen LogP contribution in [0.3, 0.4) is 0 Å². The second-order valence-corrected chi connectivity index (χ2v) is 6.97. The van der Waals surface area contributed by atoms with Gasteiger partial charge in [0, 0.05) is 38.3 Å². The fourth-order valence-corrected chi connectivity index (χ4v) is 3.92. The van der Waals surface area contributed by atoms with Crippen molar-refractivity contribution in [1.29, 1.82) is 0 Å². The van der Waals surface area contributed by atoms with Crippen molar-refractivity contribution in [3.05, 3.63) is 41.7 Å². The average molecular weight is 355 g/mol. The van der Waals surface area contributed by atoms with E-state index in [9.17, 15) is 5.11 Å². The molecule has 0 spiro atoms. The third kappa shape index (κ3) is 3.20. The van der Waals surface area contributed by atoms with Crippen LogP contribution in [-0.2, 0) is 13.0 Å². The molecule has 138 valence electrons. The molecule has 4 rings (SSSR count). The van der Waals surface area contributed by atoms with E-state index in [-0.39, 0.29) is 12.1 Å². The second kappa shape index (κ2) is 7.09. The molecule has 3 heterocycles. The Balaban J connectivity index is 1.55. The van der Waals surface area contributed by atoms with Crippen LogP contribution in [0.2, 0.25) is 0 Å². The molecule has 2 aromatic rings. The van der Waals surface area contributed by atoms with Crippen LogP contribution in [-0.4, -0.2) is 54.0 Å². The molecule has 0 unspecified atom stereocenters. The maximum absolute atomic E-state index is 9.97. The summed E-state index contributed by atoms with van der Waals surface area (Å²) in [4.78, 5) is 13.3. The molecule has 2 aliphatic heterocycles. The van der Waals surface area contributed by atoms with Gasteiger partial charge in [-0.1, -0.05) is 6.07 Å². The number of aliphatic hydroxyl groups excluding tert-OH is 1. The minimum absolute atomic E-state index is 0.127. The smallest absolute Gasteiger partial charge is 0.134 e. The van der Waals surface area contributed by atoms with Gasteiger partial charge in [0.05, 0.1) is 13.2 Å². The van der Waals surface area contributed by atoms with Gasteiger partial charge in [0.1, 0.15) is 23.7 Å². The quantitative estimate of drug-likeness (QED) is 0.844. The molecule has 0 aliphatic carbocycles. The molecule has 0 amide bonds. The summed E-state index contributed by atoms with van der Waals surface area (Å²) in [7, 11) is 1.70. The maximum Gasteiger partial charge on any atom is 0.134 e. The van der Waals surface area contributed by atoms with Crippen molar-refractivity contribution < 1.29 is 9.84 Å². The van der Waals surface area contributed by atoms with Crippen LogP contribution in [0, 0.1) is 0 Å². The number of nitrogens with two attached hydrogens (primary N) is 1. The maximum atomic E-state index is 9.97. The van der Waals surface area contributed by atoms with Crippen LogP contribution in [0.5, 0.6) is 5.75 Å². The average Bonchev–Trinajstić information content (AvgIpc) is 3.08. The monoisotopic (exact) mass is 355 g/mol. The van der Waals surface area contributed by atoms with Crippen LogP contribution in [0.25, 0.3) is 0 Å². The molecule has 2 aliphatic rings. The number of fused-ring (bicyclic) bond motifs is 1. The Morgan fingerprint density at radius 3 is 2.88 bits per heavy atom. The molecule has 0 radical (unpaired) electrons. The number of aliphatic hydroxyl groups is 1. The van der Waals surface area contributed by atoms with Crippen LogP contribution in [0.4, 0.5) is 11.6 Å². The number of benzene rings is 1. The van der Waals surface area contributed by atoms with Crippen molar-refractivity contribution >= 4 is 11.6 Å². The zero-order valence-electron chi connectivity index (χ0n) is 15.0. The van der Waals surface area contributed by atoms with Gasteiger partial charge in [0.15, 0.2) is 0 Å². The summed E-state index contributed by atoms with van der Waals surface area (Å²) < 4.78 is 5.32. The van der Waals surface area contributed by atoms with Gasteiger partial charge in [0.25, 0.3) is 0 Å². The number of anilines is 2. The molecule has 1 aromatic heterocycles. The van der Waals surface area contributed by atoms with Gasteiger partial charge in [-0.15, -0.1) is 0 Å². The number of hydrogen-bond donors (Lipinski definition) is 2. The van der Waals surface area contributed by atoms with Crippen molar-refractivity contribution in [3.63, 3.8) is 0 Å². The third-order valence-electron chi connectivity index (χ3n) is 5.35. The van der Waals surface area contributed by atoms with E-state index in [1.54, 1.807) is 13.4 Å². The highest BCUT2D eigenvalue weighted by atomic mass is 16.5. The number of hydrogen-bond acceptors (Lipinski definition) is 7. The van der Waals surface area contributed by atoms with E-state index >= 15 is 0 Å². The Labute approximate surface area is 153 Å². The standard InChI is InChI=1S/C19H25N5O2/c1-26-17-3-2-14-10-23(5-4-13(14)6-17)18-8-19(22-12-21-18)24-11-16(25)7-15(24)9-20/h2-3,6,8,12,15-16,25H,4-5,7,9-11,20H2,1H3/t15-,16-/m1/s1. The summed E-state index contributed by atoms with van der Waals surface area (Å²) in [5.41, 5.74) is 8.50. The van der Waals surface area contributed by atoms with Gasteiger partial charge >= 0.3 is 0 Å². The predicted octanol–water partition coefficient (Wildman–Crippen LogP) is 0.946. The minimum atomic E-state index is -0.348. The van der Waals surface area contributed by atoms with E-state index in [2.05, 4.69) is 31.9 Å². The summed E-state index contributed by atoms with van der Waals surface area (Å²) in [5.74, 6) is 2.65. The summed E-state index contributed by atoms with van der Waals surface area (Å²) in [5, 5.41) is 9.97. The highest BCUT2D eigenvalue weighted by Crippen LogP contribution is 2.29. The van der Waals surface area contributed by atoms with E-state index in [1.807, 2.05) is 12.1 Å². The van der Waals surface area contributed by atoms with Crippen LogP contribution >= 0.6 is 0 Å². The zero-order valence-corrected chi connectivity index (χ0v) is 15.0. The fourth-order valence-electron chi connectivity index (χ4n) is 3.92. The largest absolute Gasteiger partial charge is 0.497 e. The van der Waals surface area contributed by atoms with Crippen LogP contribution in [0.15, 0.2) is 30.6 Å². The van der Waals surface area contributed by atoms with Gasteiger partial charge in [-0.3, -0.25) is 0 Å². The molecule has 26 heavy (non-hydrogen) atoms. The molecule has 0 bridgehead atoms. The first-order valence-corrected chi connectivity index (χ1v) is 9.05. The Hall–Kier alpha value is -2.38. The van der Waals surface area contributed by atoms with Gasteiger partial charge < -0.3 is 25.4 Å². The normalized spacial score (nSPS) is 22.4. The van der Waals surface area contributed by atoms with E-state index in [4.69, 9.17) is 10.5 Å². The first-order chi connectivity index (χ1) is 12.7. The van der Waals surface area contributed by atoms with Crippen molar-refractivity contribution in [2.75, 3.05) is 36.5 Å².